The first-order chi connectivity index (χ1) is 6.63. The van der Waals surface area contributed by atoms with E-state index in [1.54, 1.807) is 0 Å². The first kappa shape index (κ1) is 13.1. The first-order valence-electron chi connectivity index (χ1n) is 5.40. The zero-order valence-electron chi connectivity index (χ0n) is 9.08. The van der Waals surface area contributed by atoms with Crippen LogP contribution in [0, 0.1) is 5.92 Å². The Morgan fingerprint density at radius 3 is 2.21 bits per heavy atom. The van der Waals surface area contributed by atoms with Crippen LogP contribution in [0.25, 0.3) is 0 Å². The number of carboxylic acids is 1. The molecule has 0 aromatic carbocycles. The van der Waals surface area contributed by atoms with Crippen LogP contribution < -0.4 is 0 Å². The summed E-state index contributed by atoms with van der Waals surface area (Å²) in [5.74, 6) is -2.18. The maximum Gasteiger partial charge on any atom is 0.372 e. The topological polar surface area (TPSA) is 54.4 Å². The van der Waals surface area contributed by atoms with Gasteiger partial charge in [-0.25, -0.2) is 4.79 Å². The molecule has 0 aromatic heterocycles. The average Bonchev–Trinajstić information content (AvgIpc) is 2.17. The lowest BCUT2D eigenvalue weighted by Gasteiger charge is -2.09. The van der Waals surface area contributed by atoms with Crippen molar-refractivity contribution in [3.05, 3.63) is 0 Å². The maximum absolute atomic E-state index is 11.1. The van der Waals surface area contributed by atoms with Crippen molar-refractivity contribution in [1.82, 2.24) is 0 Å². The van der Waals surface area contributed by atoms with E-state index in [2.05, 4.69) is 6.92 Å². The Morgan fingerprint density at radius 1 is 1.14 bits per heavy atom. The number of unbranched alkanes of at least 4 members (excludes halogenated alkanes) is 3. The second kappa shape index (κ2) is 7.54. The third-order valence-corrected chi connectivity index (χ3v) is 2.48. The minimum absolute atomic E-state index is 0.274. The van der Waals surface area contributed by atoms with Gasteiger partial charge in [0.25, 0.3) is 0 Å². The van der Waals surface area contributed by atoms with Crippen LogP contribution >= 0.6 is 0 Å². The second-order valence-corrected chi connectivity index (χ2v) is 3.62. The molecule has 1 N–H and O–H groups in total. The smallest absolute Gasteiger partial charge is 0.372 e. The quantitative estimate of drug-likeness (QED) is 0.484. The molecule has 3 heteroatoms. The lowest BCUT2D eigenvalue weighted by molar-refractivity contribution is -0.151. The van der Waals surface area contributed by atoms with Crippen LogP contribution in [-0.2, 0) is 9.59 Å². The predicted octanol–water partition coefficient (Wildman–Crippen LogP) is 2.64. The van der Waals surface area contributed by atoms with Crippen molar-refractivity contribution in [2.24, 2.45) is 5.92 Å². The van der Waals surface area contributed by atoms with Crippen molar-refractivity contribution in [3.8, 4) is 0 Å². The summed E-state index contributed by atoms with van der Waals surface area (Å²) in [5, 5.41) is 8.54. The summed E-state index contributed by atoms with van der Waals surface area (Å²) in [5.41, 5.74) is 0. The number of carbonyl (C=O) groups excluding carboxylic acids is 1. The first-order valence-corrected chi connectivity index (χ1v) is 5.40. The summed E-state index contributed by atoms with van der Waals surface area (Å²) in [6.07, 6.45) is 5.74. The fourth-order valence-electron chi connectivity index (χ4n) is 1.51. The van der Waals surface area contributed by atoms with Gasteiger partial charge >= 0.3 is 5.97 Å². The van der Waals surface area contributed by atoms with Gasteiger partial charge < -0.3 is 5.11 Å². The zero-order valence-corrected chi connectivity index (χ0v) is 9.08. The van der Waals surface area contributed by atoms with Crippen LogP contribution in [-0.4, -0.2) is 16.9 Å². The van der Waals surface area contributed by atoms with E-state index in [-0.39, 0.29) is 5.92 Å². The van der Waals surface area contributed by atoms with E-state index >= 15 is 0 Å². The fraction of sp³-hybridized carbons (Fsp3) is 0.818. The van der Waals surface area contributed by atoms with Crippen LogP contribution in [0.1, 0.15) is 52.4 Å². The molecule has 0 fully saturated rings. The Morgan fingerprint density at radius 2 is 1.79 bits per heavy atom. The molecule has 0 saturated carbocycles. The molecule has 0 aliphatic carbocycles. The Hall–Kier alpha value is -0.860. The largest absolute Gasteiger partial charge is 0.475 e. The van der Waals surface area contributed by atoms with Crippen LogP contribution in [0.3, 0.4) is 0 Å². The molecule has 0 saturated heterocycles. The van der Waals surface area contributed by atoms with E-state index in [1.165, 1.54) is 0 Å². The van der Waals surface area contributed by atoms with Crippen molar-refractivity contribution >= 4 is 11.8 Å². The van der Waals surface area contributed by atoms with Crippen LogP contribution in [0.15, 0.2) is 0 Å². The highest BCUT2D eigenvalue weighted by molar-refractivity contribution is 6.33. The van der Waals surface area contributed by atoms with Gasteiger partial charge in [-0.2, -0.15) is 0 Å². The summed E-state index contributed by atoms with van der Waals surface area (Å²) in [6.45, 7) is 3.99. The number of Topliss-reactive ketones (excluding diaryl/α,β-unsaturated/α-hetero) is 1. The Balaban J connectivity index is 3.79. The van der Waals surface area contributed by atoms with Crippen LogP contribution in [0.4, 0.5) is 0 Å². The molecule has 0 aromatic rings. The summed E-state index contributed by atoms with van der Waals surface area (Å²) < 4.78 is 0. The molecular weight excluding hydrogens is 180 g/mol. The fourth-order valence-corrected chi connectivity index (χ4v) is 1.51. The van der Waals surface area contributed by atoms with Crippen molar-refractivity contribution in [3.63, 3.8) is 0 Å². The van der Waals surface area contributed by atoms with Gasteiger partial charge in [-0.3, -0.25) is 4.79 Å². The lowest BCUT2D eigenvalue weighted by Crippen LogP contribution is -2.22. The van der Waals surface area contributed by atoms with E-state index in [0.717, 1.165) is 32.1 Å². The number of hydrogen-bond donors (Lipinski definition) is 1. The van der Waals surface area contributed by atoms with Crippen molar-refractivity contribution < 1.29 is 14.7 Å². The van der Waals surface area contributed by atoms with E-state index in [9.17, 15) is 9.59 Å². The number of ketones is 1. The molecular formula is C11H20O3. The highest BCUT2D eigenvalue weighted by atomic mass is 16.4. The number of hydrogen-bond acceptors (Lipinski definition) is 2. The molecule has 82 valence electrons. The molecule has 0 aliphatic heterocycles. The van der Waals surface area contributed by atoms with E-state index in [0.29, 0.717) is 6.42 Å². The molecule has 0 heterocycles. The third-order valence-electron chi connectivity index (χ3n) is 2.48. The average molecular weight is 200 g/mol. The SMILES string of the molecule is CCCCCCC(CC)C(=O)C(=O)O. The molecule has 3 nitrogen and oxygen atoms in total. The van der Waals surface area contributed by atoms with E-state index in [1.807, 2.05) is 6.92 Å². The van der Waals surface area contributed by atoms with Crippen molar-refractivity contribution in [1.29, 1.82) is 0 Å². The Kier molecular flexibility index (Phi) is 7.07. The van der Waals surface area contributed by atoms with Gasteiger partial charge in [0, 0.05) is 5.92 Å². The molecule has 14 heavy (non-hydrogen) atoms. The lowest BCUT2D eigenvalue weighted by atomic mass is 9.94. The van der Waals surface area contributed by atoms with E-state index in [4.69, 9.17) is 5.11 Å². The molecule has 0 bridgehead atoms. The highest BCUT2D eigenvalue weighted by Crippen LogP contribution is 2.15. The van der Waals surface area contributed by atoms with Crippen LogP contribution in [0.5, 0.6) is 0 Å². The van der Waals surface area contributed by atoms with Crippen molar-refractivity contribution in [2.75, 3.05) is 0 Å². The molecule has 1 unspecified atom stereocenters. The summed E-state index contributed by atoms with van der Waals surface area (Å²) >= 11 is 0. The summed E-state index contributed by atoms with van der Waals surface area (Å²) in [6, 6.07) is 0. The molecule has 1 atom stereocenters. The molecule has 0 amide bonds. The number of aliphatic carboxylic acids is 1. The van der Waals surface area contributed by atoms with Gasteiger partial charge in [-0.05, 0) is 12.8 Å². The summed E-state index contributed by atoms with van der Waals surface area (Å²) in [4.78, 5) is 21.6. The molecule has 0 radical (unpaired) electrons. The van der Waals surface area contributed by atoms with Gasteiger partial charge in [-0.1, -0.05) is 39.5 Å². The number of carbonyl (C=O) groups is 2. The van der Waals surface area contributed by atoms with E-state index < -0.39 is 11.8 Å². The Labute approximate surface area is 85.5 Å². The minimum atomic E-state index is -1.28. The van der Waals surface area contributed by atoms with Crippen molar-refractivity contribution in [2.45, 2.75) is 52.4 Å². The zero-order chi connectivity index (χ0) is 11.0. The van der Waals surface area contributed by atoms with Gasteiger partial charge in [0.2, 0.25) is 5.78 Å². The van der Waals surface area contributed by atoms with Crippen LogP contribution in [0.2, 0.25) is 0 Å². The Bertz CT molecular complexity index is 187. The minimum Gasteiger partial charge on any atom is -0.475 e. The van der Waals surface area contributed by atoms with Gasteiger partial charge in [0.1, 0.15) is 0 Å². The molecule has 0 aliphatic rings. The standard InChI is InChI=1S/C11H20O3/c1-3-5-6-7-8-9(4-2)10(12)11(13)14/h9H,3-8H2,1-2H3,(H,13,14). The predicted molar refractivity (Wildman–Crippen MR) is 55.2 cm³/mol. The van der Waals surface area contributed by atoms with Gasteiger partial charge in [0.05, 0.1) is 0 Å². The normalized spacial score (nSPS) is 12.4. The second-order valence-electron chi connectivity index (χ2n) is 3.62. The number of carboxylic acid groups (broad SMARTS) is 1. The maximum atomic E-state index is 11.1. The number of rotatable bonds is 8. The highest BCUT2D eigenvalue weighted by Gasteiger charge is 2.22. The molecule has 0 rings (SSSR count). The van der Waals surface area contributed by atoms with Gasteiger partial charge in [-0.15, -0.1) is 0 Å². The molecule has 0 spiro atoms. The third kappa shape index (κ3) is 5.00. The summed E-state index contributed by atoms with van der Waals surface area (Å²) in [7, 11) is 0. The monoisotopic (exact) mass is 200 g/mol. The van der Waals surface area contributed by atoms with Gasteiger partial charge in [0.15, 0.2) is 0 Å².